The Morgan fingerprint density at radius 1 is 1.40 bits per heavy atom. The van der Waals surface area contributed by atoms with Crippen molar-refractivity contribution in [2.45, 2.75) is 0 Å². The van der Waals surface area contributed by atoms with Gasteiger partial charge in [-0.1, -0.05) is 6.07 Å². The molecule has 1 N–H and O–H groups in total. The SMILES string of the molecule is COC(=O)c1cccc(N[SH](=O)=O)c1.[Na]. The van der Waals surface area contributed by atoms with Crippen molar-refractivity contribution >= 4 is 52.1 Å². The number of nitrogens with one attached hydrogen (secondary N) is 1. The van der Waals surface area contributed by atoms with Gasteiger partial charge in [0.15, 0.2) is 0 Å². The van der Waals surface area contributed by atoms with E-state index in [2.05, 4.69) is 9.46 Å². The average molecular weight is 238 g/mol. The molecule has 0 aromatic heterocycles. The van der Waals surface area contributed by atoms with Gasteiger partial charge in [-0.2, -0.15) is 0 Å². The summed E-state index contributed by atoms with van der Waals surface area (Å²) in [6.45, 7) is 0. The first kappa shape index (κ1) is 14.4. The van der Waals surface area contributed by atoms with Crippen LogP contribution in [0.4, 0.5) is 5.69 Å². The average Bonchev–Trinajstić information content (AvgIpc) is 2.16. The van der Waals surface area contributed by atoms with Crippen LogP contribution in [0.25, 0.3) is 0 Å². The van der Waals surface area contributed by atoms with Crippen molar-refractivity contribution in [2.24, 2.45) is 0 Å². The number of thiol groups is 1. The van der Waals surface area contributed by atoms with Crippen LogP contribution in [-0.2, 0) is 15.6 Å². The molecule has 0 fully saturated rings. The molecule has 0 unspecified atom stereocenters. The molecule has 0 aliphatic rings. The molecule has 1 rings (SSSR count). The minimum absolute atomic E-state index is 0. The number of methoxy groups -OCH3 is 1. The number of carbonyl (C=O) groups excluding carboxylic acids is 1. The Morgan fingerprint density at radius 2 is 2.07 bits per heavy atom. The summed E-state index contributed by atoms with van der Waals surface area (Å²) in [6.07, 6.45) is 0. The summed E-state index contributed by atoms with van der Waals surface area (Å²) >= 11 is 0. The van der Waals surface area contributed by atoms with E-state index in [0.717, 1.165) is 0 Å². The number of ether oxygens (including phenoxy) is 1. The second-order valence-corrected chi connectivity index (χ2v) is 3.18. The van der Waals surface area contributed by atoms with Gasteiger partial charge in [-0.05, 0) is 18.2 Å². The van der Waals surface area contributed by atoms with Crippen LogP contribution in [0.3, 0.4) is 0 Å². The Balaban J connectivity index is 0.00000196. The van der Waals surface area contributed by atoms with E-state index in [0.29, 0.717) is 11.3 Å². The van der Waals surface area contributed by atoms with Gasteiger partial charge in [0.25, 0.3) is 0 Å². The van der Waals surface area contributed by atoms with Gasteiger partial charge in [-0.25, -0.2) is 13.2 Å². The standard InChI is InChI=1S/C8H9NO4S.Na/c1-13-8(10)6-3-2-4-7(5-6)9-14(11)12;/h2-5,14H,1H3,(H,9,11,12);. The Morgan fingerprint density at radius 3 is 2.60 bits per heavy atom. The van der Waals surface area contributed by atoms with Gasteiger partial charge in [-0.3, -0.25) is 4.72 Å². The van der Waals surface area contributed by atoms with E-state index in [9.17, 15) is 13.2 Å². The Bertz CT molecular complexity index is 411. The molecule has 1 aromatic carbocycles. The summed E-state index contributed by atoms with van der Waals surface area (Å²) in [6, 6.07) is 6.04. The molecule has 77 valence electrons. The molecule has 0 atom stereocenters. The van der Waals surface area contributed by atoms with Crippen LogP contribution in [-0.4, -0.2) is 51.1 Å². The van der Waals surface area contributed by atoms with Gasteiger partial charge in [0.05, 0.1) is 12.7 Å². The van der Waals surface area contributed by atoms with E-state index in [1.165, 1.54) is 25.3 Å². The molecule has 1 aromatic rings. The minimum Gasteiger partial charge on any atom is -0.465 e. The van der Waals surface area contributed by atoms with Crippen molar-refractivity contribution in [3.63, 3.8) is 0 Å². The monoisotopic (exact) mass is 238 g/mol. The van der Waals surface area contributed by atoms with Gasteiger partial charge in [-0.15, -0.1) is 0 Å². The smallest absolute Gasteiger partial charge is 0.337 e. The molecule has 0 saturated carbocycles. The minimum atomic E-state index is -2.71. The largest absolute Gasteiger partial charge is 0.465 e. The van der Waals surface area contributed by atoms with E-state index >= 15 is 0 Å². The molecule has 0 saturated heterocycles. The Hall–Kier alpha value is -0.560. The number of hydrogen-bond acceptors (Lipinski definition) is 4. The van der Waals surface area contributed by atoms with Gasteiger partial charge < -0.3 is 4.74 Å². The fourth-order valence-electron chi connectivity index (χ4n) is 0.939. The van der Waals surface area contributed by atoms with Crippen molar-refractivity contribution in [1.82, 2.24) is 0 Å². The number of carbonyl (C=O) groups is 1. The van der Waals surface area contributed by atoms with Crippen molar-refractivity contribution < 1.29 is 17.9 Å². The third kappa shape index (κ3) is 4.65. The summed E-state index contributed by atoms with van der Waals surface area (Å²) in [5.41, 5.74) is 0.637. The summed E-state index contributed by atoms with van der Waals surface area (Å²) in [7, 11) is -1.45. The molecule has 7 heteroatoms. The van der Waals surface area contributed by atoms with E-state index < -0.39 is 16.9 Å². The molecule has 0 heterocycles. The summed E-state index contributed by atoms with van der Waals surface area (Å²) in [5, 5.41) is 0. The number of benzene rings is 1. The molecule has 0 aliphatic heterocycles. The maximum Gasteiger partial charge on any atom is 0.337 e. The van der Waals surface area contributed by atoms with Crippen molar-refractivity contribution in [2.75, 3.05) is 11.8 Å². The molecule has 0 bridgehead atoms. The first-order valence-corrected chi connectivity index (χ1v) is 4.90. The third-order valence-corrected chi connectivity index (χ3v) is 1.94. The topological polar surface area (TPSA) is 72.5 Å². The Kier molecular flexibility index (Phi) is 6.58. The van der Waals surface area contributed by atoms with Crippen LogP contribution < -0.4 is 4.72 Å². The second kappa shape index (κ2) is 6.84. The molecule has 15 heavy (non-hydrogen) atoms. The summed E-state index contributed by atoms with van der Waals surface area (Å²) in [4.78, 5) is 11.1. The fourth-order valence-corrected chi connectivity index (χ4v) is 1.29. The van der Waals surface area contributed by atoms with Gasteiger partial charge in [0, 0.05) is 35.2 Å². The number of esters is 1. The predicted molar refractivity (Wildman–Crippen MR) is 57.5 cm³/mol. The van der Waals surface area contributed by atoms with Crippen LogP contribution in [0.1, 0.15) is 10.4 Å². The third-order valence-electron chi connectivity index (χ3n) is 1.50. The number of hydrogen-bond donors (Lipinski definition) is 2. The molecule has 0 aliphatic carbocycles. The quantitative estimate of drug-likeness (QED) is 0.443. The number of rotatable bonds is 3. The molecular formula is C8H9NNaO4S. The maximum atomic E-state index is 11.1. The van der Waals surface area contributed by atoms with Crippen LogP contribution >= 0.6 is 0 Å². The zero-order valence-corrected chi connectivity index (χ0v) is 11.3. The van der Waals surface area contributed by atoms with Crippen LogP contribution in [0, 0.1) is 0 Å². The van der Waals surface area contributed by atoms with Crippen LogP contribution in [0.15, 0.2) is 24.3 Å². The van der Waals surface area contributed by atoms with E-state index in [-0.39, 0.29) is 29.6 Å². The molecular weight excluding hydrogens is 229 g/mol. The summed E-state index contributed by atoms with van der Waals surface area (Å²) in [5.74, 6) is -0.505. The van der Waals surface area contributed by atoms with Crippen LogP contribution in [0.2, 0.25) is 0 Å². The first-order valence-electron chi connectivity index (χ1n) is 3.73. The van der Waals surface area contributed by atoms with Crippen molar-refractivity contribution in [1.29, 1.82) is 0 Å². The van der Waals surface area contributed by atoms with Gasteiger partial charge in [0.2, 0.25) is 10.9 Å². The van der Waals surface area contributed by atoms with Crippen LogP contribution in [0.5, 0.6) is 0 Å². The summed E-state index contributed by atoms with van der Waals surface area (Å²) < 4.78 is 27.3. The Labute approximate surface area is 111 Å². The molecule has 1 radical (unpaired) electrons. The van der Waals surface area contributed by atoms with E-state index in [1.54, 1.807) is 6.07 Å². The number of anilines is 1. The van der Waals surface area contributed by atoms with Gasteiger partial charge >= 0.3 is 5.97 Å². The van der Waals surface area contributed by atoms with E-state index in [1.807, 2.05) is 0 Å². The predicted octanol–water partition coefficient (Wildman–Crippen LogP) is 0.0307. The van der Waals surface area contributed by atoms with Gasteiger partial charge in [0.1, 0.15) is 0 Å². The maximum absolute atomic E-state index is 11.1. The first-order chi connectivity index (χ1) is 6.63. The van der Waals surface area contributed by atoms with E-state index in [4.69, 9.17) is 0 Å². The molecule has 5 nitrogen and oxygen atoms in total. The fraction of sp³-hybridized carbons (Fsp3) is 0.125. The zero-order chi connectivity index (χ0) is 10.6. The van der Waals surface area contributed by atoms with Crippen molar-refractivity contribution in [3.05, 3.63) is 29.8 Å². The normalized spacial score (nSPS) is 9.20. The second-order valence-electron chi connectivity index (χ2n) is 2.44. The van der Waals surface area contributed by atoms with Crippen molar-refractivity contribution in [3.8, 4) is 0 Å². The molecule has 0 spiro atoms. The zero-order valence-electron chi connectivity index (χ0n) is 8.39. The molecule has 0 amide bonds.